The number of thiazole rings is 1. The highest BCUT2D eigenvalue weighted by Gasteiger charge is 2.27. The minimum Gasteiger partial charge on any atom is -0.376 e. The molecule has 27 heavy (non-hydrogen) atoms. The van der Waals surface area contributed by atoms with Gasteiger partial charge in [0, 0.05) is 22.1 Å². The van der Waals surface area contributed by atoms with Crippen molar-refractivity contribution in [2.24, 2.45) is 0 Å². The molecule has 1 saturated heterocycles. The number of carbonyl (C=O) groups is 1. The molecule has 3 aromatic rings. The standard InChI is InChI=1S/C20H19ClN2O2S2/c1-26-16-8-9-17-18(11-16)27-20(22-17)23(12-15-3-2-10-25-15)19(24)13-4-6-14(21)7-5-13/h4-9,11,15H,2-3,10,12H2,1H3/t15-/m1/s1. The van der Waals surface area contributed by atoms with Crippen molar-refractivity contribution in [2.75, 3.05) is 24.3 Å². The van der Waals surface area contributed by atoms with E-state index in [1.54, 1.807) is 52.3 Å². The molecule has 1 atom stereocenters. The zero-order valence-electron chi connectivity index (χ0n) is 14.9. The number of halogens is 1. The molecule has 2 heterocycles. The summed E-state index contributed by atoms with van der Waals surface area (Å²) >= 11 is 9.22. The summed E-state index contributed by atoms with van der Waals surface area (Å²) < 4.78 is 6.86. The molecule has 0 aliphatic carbocycles. The van der Waals surface area contributed by atoms with Crippen molar-refractivity contribution >= 4 is 56.0 Å². The third kappa shape index (κ3) is 4.14. The van der Waals surface area contributed by atoms with Crippen molar-refractivity contribution in [1.29, 1.82) is 0 Å². The Morgan fingerprint density at radius 1 is 1.33 bits per heavy atom. The van der Waals surface area contributed by atoms with Gasteiger partial charge >= 0.3 is 0 Å². The number of thioether (sulfide) groups is 1. The monoisotopic (exact) mass is 418 g/mol. The second-order valence-electron chi connectivity index (χ2n) is 6.39. The van der Waals surface area contributed by atoms with Gasteiger partial charge in [0.05, 0.1) is 22.9 Å². The van der Waals surface area contributed by atoms with Crippen molar-refractivity contribution < 1.29 is 9.53 Å². The lowest BCUT2D eigenvalue weighted by Crippen LogP contribution is -2.37. The van der Waals surface area contributed by atoms with Gasteiger partial charge in [0.15, 0.2) is 5.13 Å². The maximum absolute atomic E-state index is 13.2. The number of carbonyl (C=O) groups excluding carboxylic acids is 1. The molecule has 0 N–H and O–H groups in total. The first kappa shape index (κ1) is 18.7. The van der Waals surface area contributed by atoms with Gasteiger partial charge in [-0.05, 0) is 61.6 Å². The molecule has 4 nitrogen and oxygen atoms in total. The van der Waals surface area contributed by atoms with Crippen LogP contribution < -0.4 is 4.90 Å². The maximum atomic E-state index is 13.2. The van der Waals surface area contributed by atoms with Crippen LogP contribution in [0.3, 0.4) is 0 Å². The molecule has 0 radical (unpaired) electrons. The highest BCUT2D eigenvalue weighted by Crippen LogP contribution is 2.33. The van der Waals surface area contributed by atoms with Crippen LogP contribution >= 0.6 is 34.7 Å². The van der Waals surface area contributed by atoms with Crippen LogP contribution in [0.15, 0.2) is 47.4 Å². The highest BCUT2D eigenvalue weighted by molar-refractivity contribution is 7.98. The Balaban J connectivity index is 1.70. The molecule has 7 heteroatoms. The SMILES string of the molecule is CSc1ccc2nc(N(C[C@H]3CCCO3)C(=O)c3ccc(Cl)cc3)sc2c1. The summed E-state index contributed by atoms with van der Waals surface area (Å²) in [4.78, 5) is 20.9. The van der Waals surface area contributed by atoms with Crippen LogP contribution in [-0.4, -0.2) is 36.4 Å². The van der Waals surface area contributed by atoms with Gasteiger partial charge in [-0.2, -0.15) is 0 Å². The average Bonchev–Trinajstić information content (AvgIpc) is 3.34. The number of fused-ring (bicyclic) bond motifs is 1. The fourth-order valence-electron chi connectivity index (χ4n) is 3.12. The van der Waals surface area contributed by atoms with E-state index in [0.717, 1.165) is 29.7 Å². The molecule has 1 amide bonds. The molecule has 1 fully saturated rings. The van der Waals surface area contributed by atoms with E-state index < -0.39 is 0 Å². The second kappa shape index (κ2) is 8.19. The Labute approximate surface area is 171 Å². The molecule has 0 bridgehead atoms. The molecule has 140 valence electrons. The fourth-order valence-corrected chi connectivity index (χ4v) is 4.78. The van der Waals surface area contributed by atoms with Crippen molar-refractivity contribution in [1.82, 2.24) is 4.98 Å². The van der Waals surface area contributed by atoms with Crippen LogP contribution in [0.5, 0.6) is 0 Å². The van der Waals surface area contributed by atoms with Crippen LogP contribution in [0.1, 0.15) is 23.2 Å². The summed E-state index contributed by atoms with van der Waals surface area (Å²) in [6.45, 7) is 1.27. The van der Waals surface area contributed by atoms with Crippen molar-refractivity contribution in [3.8, 4) is 0 Å². The lowest BCUT2D eigenvalue weighted by molar-refractivity contribution is 0.0917. The van der Waals surface area contributed by atoms with Crippen LogP contribution in [0.4, 0.5) is 5.13 Å². The predicted octanol–water partition coefficient (Wildman–Crippen LogP) is 5.50. The zero-order chi connectivity index (χ0) is 18.8. The lowest BCUT2D eigenvalue weighted by Gasteiger charge is -2.23. The maximum Gasteiger partial charge on any atom is 0.260 e. The van der Waals surface area contributed by atoms with Crippen molar-refractivity contribution in [2.45, 2.75) is 23.8 Å². The van der Waals surface area contributed by atoms with Gasteiger partial charge in [0.2, 0.25) is 0 Å². The fraction of sp³-hybridized carbons (Fsp3) is 0.300. The Morgan fingerprint density at radius 2 is 2.15 bits per heavy atom. The second-order valence-corrected chi connectivity index (χ2v) is 8.71. The molecule has 4 rings (SSSR count). The molecule has 0 spiro atoms. The number of hydrogen-bond acceptors (Lipinski definition) is 5. The minimum atomic E-state index is -0.0775. The van der Waals surface area contributed by atoms with Gasteiger partial charge in [0.1, 0.15) is 0 Å². The van der Waals surface area contributed by atoms with Gasteiger partial charge in [0.25, 0.3) is 5.91 Å². The van der Waals surface area contributed by atoms with E-state index >= 15 is 0 Å². The number of anilines is 1. The van der Waals surface area contributed by atoms with Gasteiger partial charge in [-0.1, -0.05) is 22.9 Å². The first-order valence-corrected chi connectivity index (χ1v) is 11.2. The molecule has 2 aromatic carbocycles. The third-order valence-corrected chi connectivity index (χ3v) is 6.58. The summed E-state index contributed by atoms with van der Waals surface area (Å²) in [6, 6.07) is 13.2. The number of aromatic nitrogens is 1. The molecule has 1 aliphatic rings. The first-order valence-electron chi connectivity index (χ1n) is 8.77. The van der Waals surface area contributed by atoms with Crippen LogP contribution in [0.25, 0.3) is 10.2 Å². The van der Waals surface area contributed by atoms with Crippen LogP contribution in [0.2, 0.25) is 5.02 Å². The number of nitrogens with zero attached hydrogens (tertiary/aromatic N) is 2. The molecule has 1 aromatic heterocycles. The molecule has 1 aliphatic heterocycles. The van der Waals surface area contributed by atoms with Crippen molar-refractivity contribution in [3.05, 3.63) is 53.1 Å². The van der Waals surface area contributed by atoms with Crippen LogP contribution in [0, 0.1) is 0 Å². The quantitative estimate of drug-likeness (QED) is 0.513. The van der Waals surface area contributed by atoms with Crippen molar-refractivity contribution in [3.63, 3.8) is 0 Å². The number of hydrogen-bond donors (Lipinski definition) is 0. The normalized spacial score (nSPS) is 16.7. The number of ether oxygens (including phenoxy) is 1. The topological polar surface area (TPSA) is 42.4 Å². The molecular formula is C20H19ClN2O2S2. The Bertz CT molecular complexity index is 952. The minimum absolute atomic E-state index is 0.0509. The summed E-state index contributed by atoms with van der Waals surface area (Å²) in [6.07, 6.45) is 4.10. The Hall–Kier alpha value is -1.60. The van der Waals surface area contributed by atoms with Crippen LogP contribution in [-0.2, 0) is 4.74 Å². The van der Waals surface area contributed by atoms with Gasteiger partial charge < -0.3 is 4.74 Å². The van der Waals surface area contributed by atoms with Gasteiger partial charge in [-0.25, -0.2) is 4.98 Å². The summed E-state index contributed by atoms with van der Waals surface area (Å²) in [5.41, 5.74) is 1.51. The van der Waals surface area contributed by atoms with E-state index in [2.05, 4.69) is 18.4 Å². The number of benzene rings is 2. The van der Waals surface area contributed by atoms with E-state index in [-0.39, 0.29) is 12.0 Å². The van der Waals surface area contributed by atoms with E-state index in [1.807, 2.05) is 6.07 Å². The van der Waals surface area contributed by atoms with Gasteiger partial charge in [-0.15, -0.1) is 11.8 Å². The Morgan fingerprint density at radius 3 is 2.85 bits per heavy atom. The predicted molar refractivity (Wildman–Crippen MR) is 114 cm³/mol. The smallest absolute Gasteiger partial charge is 0.260 e. The molecule has 0 unspecified atom stereocenters. The molecule has 0 saturated carbocycles. The zero-order valence-corrected chi connectivity index (χ0v) is 17.2. The van der Waals surface area contributed by atoms with E-state index in [0.29, 0.717) is 22.3 Å². The lowest BCUT2D eigenvalue weighted by atomic mass is 10.2. The number of rotatable bonds is 5. The summed E-state index contributed by atoms with van der Waals surface area (Å²) in [5.74, 6) is -0.0775. The first-order chi connectivity index (χ1) is 13.1. The van der Waals surface area contributed by atoms with Gasteiger partial charge in [-0.3, -0.25) is 9.69 Å². The van der Waals surface area contributed by atoms with E-state index in [9.17, 15) is 4.79 Å². The largest absolute Gasteiger partial charge is 0.376 e. The summed E-state index contributed by atoms with van der Waals surface area (Å²) in [7, 11) is 0. The Kier molecular flexibility index (Phi) is 5.68. The number of amides is 1. The van der Waals surface area contributed by atoms with E-state index in [4.69, 9.17) is 21.3 Å². The molecular weight excluding hydrogens is 400 g/mol. The summed E-state index contributed by atoms with van der Waals surface area (Å²) in [5, 5.41) is 1.32. The third-order valence-electron chi connectivity index (χ3n) is 4.56. The average molecular weight is 419 g/mol. The van der Waals surface area contributed by atoms with E-state index in [1.165, 1.54) is 4.90 Å². The highest BCUT2D eigenvalue weighted by atomic mass is 35.5.